The molecule has 0 aliphatic carbocycles. The molecule has 1 N–H and O–H groups in total. The van der Waals surface area contributed by atoms with Gasteiger partial charge in [0.2, 0.25) is 0 Å². The Morgan fingerprint density at radius 3 is 2.65 bits per heavy atom. The maximum atomic E-state index is 5.03. The summed E-state index contributed by atoms with van der Waals surface area (Å²) in [5.41, 5.74) is 2.68. The van der Waals surface area contributed by atoms with E-state index >= 15 is 0 Å². The van der Waals surface area contributed by atoms with E-state index in [1.165, 1.54) is 24.2 Å². The van der Waals surface area contributed by atoms with Crippen molar-refractivity contribution in [1.29, 1.82) is 0 Å². The van der Waals surface area contributed by atoms with Crippen LogP contribution in [0.2, 0.25) is 0 Å². The number of nitrogens with one attached hydrogen (secondary N) is 1. The van der Waals surface area contributed by atoms with Gasteiger partial charge in [-0.05, 0) is 37.7 Å². The first-order valence-corrected chi connectivity index (χ1v) is 7.51. The third-order valence-corrected chi connectivity index (χ3v) is 3.83. The van der Waals surface area contributed by atoms with Gasteiger partial charge in [-0.1, -0.05) is 12.1 Å². The maximum absolute atomic E-state index is 5.03. The van der Waals surface area contributed by atoms with Crippen molar-refractivity contribution in [1.82, 2.24) is 10.2 Å². The zero-order chi connectivity index (χ0) is 14.2. The lowest BCUT2D eigenvalue weighted by atomic mass is 10.2. The van der Waals surface area contributed by atoms with Crippen molar-refractivity contribution in [3.8, 4) is 0 Å². The summed E-state index contributed by atoms with van der Waals surface area (Å²) >= 11 is 0. The monoisotopic (exact) mass is 277 g/mol. The molecule has 0 aromatic heterocycles. The predicted octanol–water partition coefficient (Wildman–Crippen LogP) is 1.56. The molecule has 1 saturated heterocycles. The summed E-state index contributed by atoms with van der Waals surface area (Å²) in [4.78, 5) is 4.90. The second-order valence-corrected chi connectivity index (χ2v) is 5.48. The molecule has 1 fully saturated rings. The number of hydrogen-bond acceptors (Lipinski definition) is 4. The number of benzene rings is 1. The average Bonchev–Trinajstić information content (AvgIpc) is 2.69. The molecule has 0 unspecified atom stereocenters. The van der Waals surface area contributed by atoms with E-state index in [1.807, 2.05) is 0 Å². The highest BCUT2D eigenvalue weighted by Gasteiger charge is 2.12. The van der Waals surface area contributed by atoms with Gasteiger partial charge in [0.05, 0.1) is 6.61 Å². The highest BCUT2D eigenvalue weighted by Crippen LogP contribution is 2.17. The van der Waals surface area contributed by atoms with E-state index in [9.17, 15) is 0 Å². The molecule has 1 heterocycles. The van der Waals surface area contributed by atoms with Crippen LogP contribution < -0.4 is 10.2 Å². The highest BCUT2D eigenvalue weighted by molar-refractivity contribution is 5.47. The van der Waals surface area contributed by atoms with Gasteiger partial charge in [0.15, 0.2) is 0 Å². The van der Waals surface area contributed by atoms with Gasteiger partial charge in [-0.3, -0.25) is 0 Å². The molecule has 0 amide bonds. The summed E-state index contributed by atoms with van der Waals surface area (Å²) in [6.07, 6.45) is 1.25. The maximum Gasteiger partial charge on any atom is 0.0587 e. The van der Waals surface area contributed by atoms with Gasteiger partial charge in [-0.15, -0.1) is 0 Å². The van der Waals surface area contributed by atoms with Crippen molar-refractivity contribution in [2.45, 2.75) is 13.0 Å². The van der Waals surface area contributed by atoms with Gasteiger partial charge in [0.25, 0.3) is 0 Å². The van der Waals surface area contributed by atoms with E-state index in [2.05, 4.69) is 46.4 Å². The van der Waals surface area contributed by atoms with E-state index in [1.54, 1.807) is 7.11 Å². The Kier molecular flexibility index (Phi) is 6.30. The van der Waals surface area contributed by atoms with Crippen molar-refractivity contribution in [2.24, 2.45) is 0 Å². The van der Waals surface area contributed by atoms with E-state index in [0.29, 0.717) is 0 Å². The van der Waals surface area contributed by atoms with Gasteiger partial charge in [-0.25, -0.2) is 0 Å². The van der Waals surface area contributed by atoms with Crippen LogP contribution in [-0.2, 0) is 11.3 Å². The number of hydrogen-bond donors (Lipinski definition) is 1. The van der Waals surface area contributed by atoms with Crippen molar-refractivity contribution in [3.05, 3.63) is 29.8 Å². The van der Waals surface area contributed by atoms with Crippen LogP contribution in [0.5, 0.6) is 0 Å². The Balaban J connectivity index is 1.84. The normalized spacial score (nSPS) is 17.2. The van der Waals surface area contributed by atoms with Crippen molar-refractivity contribution in [2.75, 3.05) is 58.4 Å². The van der Waals surface area contributed by atoms with Crippen molar-refractivity contribution in [3.63, 3.8) is 0 Å². The number of ether oxygens (including phenoxy) is 1. The summed E-state index contributed by atoms with van der Waals surface area (Å²) in [5.74, 6) is 0. The molecule has 1 aliphatic heterocycles. The first-order chi connectivity index (χ1) is 9.79. The molecule has 1 aromatic rings. The van der Waals surface area contributed by atoms with Crippen LogP contribution in [0.25, 0.3) is 0 Å². The Morgan fingerprint density at radius 2 is 1.90 bits per heavy atom. The summed E-state index contributed by atoms with van der Waals surface area (Å²) in [6, 6.07) is 8.95. The molecule has 2 rings (SSSR count). The van der Waals surface area contributed by atoms with Crippen LogP contribution in [0.3, 0.4) is 0 Å². The lowest BCUT2D eigenvalue weighted by Gasteiger charge is -2.23. The van der Waals surface area contributed by atoms with Crippen LogP contribution in [0.1, 0.15) is 12.0 Å². The molecule has 112 valence electrons. The van der Waals surface area contributed by atoms with E-state index in [-0.39, 0.29) is 0 Å². The van der Waals surface area contributed by atoms with Crippen LogP contribution in [0.4, 0.5) is 5.69 Å². The zero-order valence-electron chi connectivity index (χ0n) is 12.8. The van der Waals surface area contributed by atoms with E-state index in [4.69, 9.17) is 4.74 Å². The van der Waals surface area contributed by atoms with Crippen molar-refractivity contribution < 1.29 is 4.74 Å². The minimum absolute atomic E-state index is 0.763. The third-order valence-electron chi connectivity index (χ3n) is 3.83. The number of rotatable bonds is 6. The van der Waals surface area contributed by atoms with E-state index in [0.717, 1.165) is 39.3 Å². The molecule has 0 bridgehead atoms. The number of anilines is 1. The molecule has 1 aliphatic rings. The summed E-state index contributed by atoms with van der Waals surface area (Å²) in [7, 11) is 3.94. The molecule has 0 atom stereocenters. The van der Waals surface area contributed by atoms with Gasteiger partial charge in [0, 0.05) is 45.5 Å². The Morgan fingerprint density at radius 1 is 1.10 bits per heavy atom. The molecular weight excluding hydrogens is 250 g/mol. The molecule has 0 spiro atoms. The summed E-state index contributed by atoms with van der Waals surface area (Å²) in [6.45, 7) is 7.22. The molecule has 4 heteroatoms. The Labute approximate surface area is 122 Å². The summed E-state index contributed by atoms with van der Waals surface area (Å²) < 4.78 is 5.03. The first kappa shape index (κ1) is 15.3. The molecule has 1 aromatic carbocycles. The SMILES string of the molecule is COCCNCc1ccc(N2CCCN(C)CC2)cc1. The second kappa shape index (κ2) is 8.25. The smallest absolute Gasteiger partial charge is 0.0587 e. The topological polar surface area (TPSA) is 27.7 Å². The molecule has 20 heavy (non-hydrogen) atoms. The quantitative estimate of drug-likeness (QED) is 0.799. The standard InChI is InChI=1S/C16H27N3O/c1-18-9-3-10-19(12-11-18)16-6-4-15(5-7-16)14-17-8-13-20-2/h4-7,17H,3,8-14H2,1-2H3. The third kappa shape index (κ3) is 4.78. The second-order valence-electron chi connectivity index (χ2n) is 5.48. The number of nitrogens with zero attached hydrogens (tertiary/aromatic N) is 2. The van der Waals surface area contributed by atoms with Crippen molar-refractivity contribution >= 4 is 5.69 Å². The van der Waals surface area contributed by atoms with Gasteiger partial charge in [0.1, 0.15) is 0 Å². The predicted molar refractivity (Wildman–Crippen MR) is 84.4 cm³/mol. The fourth-order valence-corrected chi connectivity index (χ4v) is 2.54. The largest absolute Gasteiger partial charge is 0.383 e. The Hall–Kier alpha value is -1.10. The molecule has 0 saturated carbocycles. The van der Waals surface area contributed by atoms with Crippen LogP contribution in [0.15, 0.2) is 24.3 Å². The van der Waals surface area contributed by atoms with Crippen LogP contribution >= 0.6 is 0 Å². The number of likely N-dealkylation sites (N-methyl/N-ethyl adjacent to an activating group) is 1. The molecule has 4 nitrogen and oxygen atoms in total. The first-order valence-electron chi connectivity index (χ1n) is 7.51. The lowest BCUT2D eigenvalue weighted by Crippen LogP contribution is -2.28. The fraction of sp³-hybridized carbons (Fsp3) is 0.625. The highest BCUT2D eigenvalue weighted by atomic mass is 16.5. The average molecular weight is 277 g/mol. The van der Waals surface area contributed by atoms with E-state index < -0.39 is 0 Å². The Bertz CT molecular complexity index is 380. The fourth-order valence-electron chi connectivity index (χ4n) is 2.54. The summed E-state index contributed by atoms with van der Waals surface area (Å²) in [5, 5.41) is 3.37. The van der Waals surface area contributed by atoms with Crippen LogP contribution in [-0.4, -0.2) is 58.4 Å². The number of methoxy groups -OCH3 is 1. The van der Waals surface area contributed by atoms with Gasteiger partial charge >= 0.3 is 0 Å². The van der Waals surface area contributed by atoms with Gasteiger partial charge in [-0.2, -0.15) is 0 Å². The minimum atomic E-state index is 0.763. The molecule has 0 radical (unpaired) electrons. The minimum Gasteiger partial charge on any atom is -0.383 e. The van der Waals surface area contributed by atoms with Crippen LogP contribution in [0, 0.1) is 0 Å². The van der Waals surface area contributed by atoms with Gasteiger partial charge < -0.3 is 19.9 Å². The molecular formula is C16H27N3O. The lowest BCUT2D eigenvalue weighted by molar-refractivity contribution is 0.199. The zero-order valence-corrected chi connectivity index (χ0v) is 12.8.